The minimum absolute atomic E-state index is 0.127. The minimum Gasteiger partial charge on any atom is -0.272 e. The number of hydrogen-bond donors (Lipinski definition) is 1. The van der Waals surface area contributed by atoms with E-state index >= 15 is 0 Å². The summed E-state index contributed by atoms with van der Waals surface area (Å²) in [4.78, 5) is 12.4. The van der Waals surface area contributed by atoms with Gasteiger partial charge in [-0.25, -0.2) is 5.43 Å². The molecular formula is C26H21BrClN5OS. The van der Waals surface area contributed by atoms with Gasteiger partial charge in [0.1, 0.15) is 0 Å². The van der Waals surface area contributed by atoms with Crippen molar-refractivity contribution in [3.63, 3.8) is 0 Å². The molecule has 176 valence electrons. The van der Waals surface area contributed by atoms with Gasteiger partial charge in [0.2, 0.25) is 0 Å². The van der Waals surface area contributed by atoms with Gasteiger partial charge in [-0.05, 0) is 70.9 Å². The van der Waals surface area contributed by atoms with E-state index in [1.54, 1.807) is 6.21 Å². The lowest BCUT2D eigenvalue weighted by molar-refractivity contribution is -0.118. The first-order valence-corrected chi connectivity index (χ1v) is 12.8. The zero-order chi connectivity index (χ0) is 24.6. The Morgan fingerprint density at radius 3 is 2.49 bits per heavy atom. The molecule has 1 amide bonds. The number of carbonyl (C=O) groups is 1. The van der Waals surface area contributed by atoms with Crippen molar-refractivity contribution in [1.29, 1.82) is 0 Å². The van der Waals surface area contributed by atoms with Crippen LogP contribution < -0.4 is 5.43 Å². The summed E-state index contributed by atoms with van der Waals surface area (Å²) in [5, 5.41) is 14.0. The van der Waals surface area contributed by atoms with Crippen LogP contribution in [0.2, 0.25) is 5.02 Å². The first-order valence-electron chi connectivity index (χ1n) is 10.6. The first-order chi connectivity index (χ1) is 17.0. The van der Waals surface area contributed by atoms with E-state index in [2.05, 4.69) is 36.7 Å². The third-order valence-electron chi connectivity index (χ3n) is 4.84. The Labute approximate surface area is 221 Å². The van der Waals surface area contributed by atoms with Crippen LogP contribution in [0.25, 0.3) is 23.2 Å². The Morgan fingerprint density at radius 2 is 1.77 bits per heavy atom. The molecule has 3 aromatic carbocycles. The van der Waals surface area contributed by atoms with Crippen molar-refractivity contribution in [2.75, 3.05) is 5.75 Å². The second-order valence-corrected chi connectivity index (χ2v) is 9.80. The molecule has 0 saturated carbocycles. The van der Waals surface area contributed by atoms with Gasteiger partial charge in [-0.2, -0.15) is 5.10 Å². The predicted octanol–water partition coefficient (Wildman–Crippen LogP) is 6.53. The van der Waals surface area contributed by atoms with E-state index in [1.807, 2.05) is 96.4 Å². The van der Waals surface area contributed by atoms with Gasteiger partial charge < -0.3 is 0 Å². The molecule has 1 aromatic heterocycles. The SMILES string of the molecule is Cc1ccc(-n2c(SCC(=O)NN=CC(Br)=Cc3ccccc3)nnc2-c2ccc(Cl)cc2)cc1. The lowest BCUT2D eigenvalue weighted by atomic mass is 10.2. The van der Waals surface area contributed by atoms with Crippen molar-refractivity contribution in [2.24, 2.45) is 5.10 Å². The van der Waals surface area contributed by atoms with Crippen molar-refractivity contribution in [3.8, 4) is 17.1 Å². The molecule has 0 fully saturated rings. The molecule has 0 bridgehead atoms. The van der Waals surface area contributed by atoms with Crippen molar-refractivity contribution in [3.05, 3.63) is 99.5 Å². The Hall–Kier alpha value is -3.20. The van der Waals surface area contributed by atoms with Crippen LogP contribution in [0.5, 0.6) is 0 Å². The van der Waals surface area contributed by atoms with Gasteiger partial charge in [-0.1, -0.05) is 71.4 Å². The topological polar surface area (TPSA) is 72.2 Å². The maximum absolute atomic E-state index is 12.4. The Balaban J connectivity index is 1.47. The third kappa shape index (κ3) is 6.91. The van der Waals surface area contributed by atoms with E-state index in [9.17, 15) is 4.79 Å². The fourth-order valence-corrected chi connectivity index (χ4v) is 4.39. The van der Waals surface area contributed by atoms with Crippen LogP contribution >= 0.6 is 39.3 Å². The lowest BCUT2D eigenvalue weighted by Gasteiger charge is -2.10. The highest BCUT2D eigenvalue weighted by Crippen LogP contribution is 2.28. The number of halogens is 2. The summed E-state index contributed by atoms with van der Waals surface area (Å²) in [6, 6.07) is 25.3. The zero-order valence-corrected chi connectivity index (χ0v) is 21.9. The molecule has 0 radical (unpaired) electrons. The summed E-state index contributed by atoms with van der Waals surface area (Å²) in [7, 11) is 0. The van der Waals surface area contributed by atoms with Crippen molar-refractivity contribution >= 4 is 57.5 Å². The molecule has 35 heavy (non-hydrogen) atoms. The molecule has 1 N–H and O–H groups in total. The molecule has 4 aromatic rings. The second kappa shape index (κ2) is 12.0. The number of nitrogens with one attached hydrogen (secondary N) is 1. The average Bonchev–Trinajstić information content (AvgIpc) is 3.28. The number of aromatic nitrogens is 3. The number of aryl methyl sites for hydroxylation is 1. The second-order valence-electron chi connectivity index (χ2n) is 7.51. The van der Waals surface area contributed by atoms with Crippen LogP contribution in [-0.4, -0.2) is 32.6 Å². The fraction of sp³-hybridized carbons (Fsp3) is 0.0769. The smallest absolute Gasteiger partial charge is 0.250 e. The number of hydrogen-bond acceptors (Lipinski definition) is 5. The molecular weight excluding hydrogens is 546 g/mol. The summed E-state index contributed by atoms with van der Waals surface area (Å²) < 4.78 is 2.67. The van der Waals surface area contributed by atoms with E-state index in [0.717, 1.165) is 26.9 Å². The number of amides is 1. The Bertz CT molecular complexity index is 1350. The molecule has 0 unspecified atom stereocenters. The normalized spacial score (nSPS) is 11.7. The fourth-order valence-electron chi connectivity index (χ4n) is 3.15. The quantitative estimate of drug-likeness (QED) is 0.150. The molecule has 0 aliphatic heterocycles. The number of carbonyl (C=O) groups excluding carboxylic acids is 1. The van der Waals surface area contributed by atoms with Crippen molar-refractivity contribution in [1.82, 2.24) is 20.2 Å². The van der Waals surface area contributed by atoms with Crippen LogP contribution in [0.3, 0.4) is 0 Å². The number of hydrazone groups is 1. The van der Waals surface area contributed by atoms with E-state index in [-0.39, 0.29) is 11.7 Å². The van der Waals surface area contributed by atoms with E-state index in [0.29, 0.717) is 16.0 Å². The van der Waals surface area contributed by atoms with Crippen LogP contribution in [0, 0.1) is 6.92 Å². The summed E-state index contributed by atoms with van der Waals surface area (Å²) in [5.74, 6) is 0.543. The molecule has 9 heteroatoms. The van der Waals surface area contributed by atoms with E-state index < -0.39 is 0 Å². The largest absolute Gasteiger partial charge is 0.272 e. The van der Waals surface area contributed by atoms with Gasteiger partial charge in [0.15, 0.2) is 11.0 Å². The van der Waals surface area contributed by atoms with Gasteiger partial charge in [0.25, 0.3) is 5.91 Å². The highest BCUT2D eigenvalue weighted by atomic mass is 79.9. The molecule has 1 heterocycles. The molecule has 0 aliphatic rings. The van der Waals surface area contributed by atoms with Gasteiger partial charge in [-0.15, -0.1) is 10.2 Å². The lowest BCUT2D eigenvalue weighted by Crippen LogP contribution is -2.19. The summed E-state index contributed by atoms with van der Waals surface area (Å²) in [6.45, 7) is 2.03. The van der Waals surface area contributed by atoms with Crippen LogP contribution in [0.15, 0.2) is 93.6 Å². The van der Waals surface area contributed by atoms with Gasteiger partial charge >= 0.3 is 0 Å². The van der Waals surface area contributed by atoms with Gasteiger partial charge in [-0.3, -0.25) is 9.36 Å². The maximum atomic E-state index is 12.4. The highest BCUT2D eigenvalue weighted by molar-refractivity contribution is 9.12. The summed E-state index contributed by atoms with van der Waals surface area (Å²) in [6.07, 6.45) is 3.45. The Kier molecular flexibility index (Phi) is 8.52. The molecule has 0 saturated heterocycles. The first kappa shape index (κ1) is 24.9. The van der Waals surface area contributed by atoms with E-state index in [4.69, 9.17) is 11.6 Å². The summed E-state index contributed by atoms with van der Waals surface area (Å²) >= 11 is 10.8. The molecule has 6 nitrogen and oxygen atoms in total. The number of rotatable bonds is 8. The molecule has 4 rings (SSSR count). The molecule has 0 aliphatic carbocycles. The number of benzene rings is 3. The average molecular weight is 567 g/mol. The minimum atomic E-state index is -0.252. The van der Waals surface area contributed by atoms with Crippen molar-refractivity contribution < 1.29 is 4.79 Å². The maximum Gasteiger partial charge on any atom is 0.250 e. The van der Waals surface area contributed by atoms with Crippen molar-refractivity contribution in [2.45, 2.75) is 12.1 Å². The standard InChI is InChI=1S/C26H21BrClN5OS/c1-18-7-13-23(14-8-18)33-25(20-9-11-22(28)12-10-20)31-32-26(33)35-17-24(34)30-29-16-21(27)15-19-5-3-2-4-6-19/h2-16H,17H2,1H3,(H,30,34). The Morgan fingerprint density at radius 1 is 1.06 bits per heavy atom. The van der Waals surface area contributed by atoms with E-state index in [1.165, 1.54) is 11.8 Å². The van der Waals surface area contributed by atoms with Crippen LogP contribution in [0.1, 0.15) is 11.1 Å². The van der Waals surface area contributed by atoms with Crippen LogP contribution in [-0.2, 0) is 4.79 Å². The monoisotopic (exact) mass is 565 g/mol. The predicted molar refractivity (Wildman–Crippen MR) is 147 cm³/mol. The highest BCUT2D eigenvalue weighted by Gasteiger charge is 2.17. The summed E-state index contributed by atoms with van der Waals surface area (Å²) in [5.41, 5.74) is 6.50. The number of allylic oxidation sites excluding steroid dienone is 1. The number of thioether (sulfide) groups is 1. The third-order valence-corrected chi connectivity index (χ3v) is 6.46. The van der Waals surface area contributed by atoms with Gasteiger partial charge in [0.05, 0.1) is 12.0 Å². The molecule has 0 spiro atoms. The van der Waals surface area contributed by atoms with Gasteiger partial charge in [0, 0.05) is 20.8 Å². The number of nitrogens with zero attached hydrogens (tertiary/aromatic N) is 4. The van der Waals surface area contributed by atoms with Crippen LogP contribution in [0.4, 0.5) is 0 Å². The molecule has 0 atom stereocenters. The zero-order valence-electron chi connectivity index (χ0n) is 18.7.